The van der Waals surface area contributed by atoms with Gasteiger partial charge in [0.25, 0.3) is 0 Å². The molecule has 3 heteroatoms. The lowest BCUT2D eigenvalue weighted by Gasteiger charge is -2.18. The van der Waals surface area contributed by atoms with Crippen LogP contribution in [0.3, 0.4) is 0 Å². The third-order valence-corrected chi connectivity index (χ3v) is 2.96. The van der Waals surface area contributed by atoms with E-state index < -0.39 is 0 Å². The van der Waals surface area contributed by atoms with Crippen LogP contribution < -0.4 is 4.74 Å². The van der Waals surface area contributed by atoms with Crippen molar-refractivity contribution >= 4 is 0 Å². The van der Waals surface area contributed by atoms with Crippen molar-refractivity contribution in [2.24, 2.45) is 5.92 Å². The maximum Gasteiger partial charge on any atom is 0.160 e. The van der Waals surface area contributed by atoms with Crippen molar-refractivity contribution < 1.29 is 14.6 Å². The molecule has 0 spiro atoms. The van der Waals surface area contributed by atoms with E-state index in [4.69, 9.17) is 9.47 Å². The Bertz CT molecular complexity index is 361. The first-order chi connectivity index (χ1) is 8.58. The van der Waals surface area contributed by atoms with E-state index in [1.54, 1.807) is 13.2 Å². The summed E-state index contributed by atoms with van der Waals surface area (Å²) >= 11 is 0. The van der Waals surface area contributed by atoms with Crippen LogP contribution in [0.4, 0.5) is 0 Å². The number of hydrogen-bond donors (Lipinski definition) is 1. The molecule has 0 bridgehead atoms. The van der Waals surface area contributed by atoms with Crippen molar-refractivity contribution in [3.05, 3.63) is 23.8 Å². The van der Waals surface area contributed by atoms with Crippen LogP contribution in [0.2, 0.25) is 0 Å². The predicted octanol–water partition coefficient (Wildman–Crippen LogP) is 3.91. The molecule has 3 nitrogen and oxygen atoms in total. The van der Waals surface area contributed by atoms with E-state index in [9.17, 15) is 5.11 Å². The minimum absolute atomic E-state index is 0.0678. The third kappa shape index (κ3) is 4.22. The fraction of sp³-hybridized carbons (Fsp3) is 0.600. The van der Waals surface area contributed by atoms with Gasteiger partial charge < -0.3 is 14.6 Å². The summed E-state index contributed by atoms with van der Waals surface area (Å²) in [6, 6.07) is 5.39. The summed E-state index contributed by atoms with van der Waals surface area (Å²) < 4.78 is 11.0. The molecule has 1 aromatic rings. The molecular weight excluding hydrogens is 228 g/mol. The fourth-order valence-electron chi connectivity index (χ4n) is 1.79. The van der Waals surface area contributed by atoms with Gasteiger partial charge in [-0.1, -0.05) is 26.8 Å². The number of rotatable bonds is 7. The zero-order chi connectivity index (χ0) is 13.5. The van der Waals surface area contributed by atoms with E-state index in [-0.39, 0.29) is 11.9 Å². The Balaban J connectivity index is 2.69. The van der Waals surface area contributed by atoms with Gasteiger partial charge in [0.05, 0.1) is 13.2 Å². The van der Waals surface area contributed by atoms with Crippen molar-refractivity contribution in [1.29, 1.82) is 0 Å². The first kappa shape index (κ1) is 14.8. The van der Waals surface area contributed by atoms with Crippen molar-refractivity contribution in [1.82, 2.24) is 0 Å². The average molecular weight is 252 g/mol. The molecule has 0 aromatic heterocycles. The highest BCUT2D eigenvalue weighted by atomic mass is 16.5. The molecule has 1 N–H and O–H groups in total. The van der Waals surface area contributed by atoms with Crippen LogP contribution in [0.15, 0.2) is 18.2 Å². The summed E-state index contributed by atoms with van der Waals surface area (Å²) in [5.41, 5.74) is 1.05. The molecule has 1 atom stereocenters. The van der Waals surface area contributed by atoms with Crippen LogP contribution >= 0.6 is 0 Å². The van der Waals surface area contributed by atoms with Crippen LogP contribution in [-0.4, -0.2) is 18.8 Å². The van der Waals surface area contributed by atoms with Gasteiger partial charge in [-0.05, 0) is 36.5 Å². The quantitative estimate of drug-likeness (QED) is 0.799. The Hall–Kier alpha value is -1.22. The Morgan fingerprint density at radius 2 is 2.00 bits per heavy atom. The highest BCUT2D eigenvalue weighted by molar-refractivity contribution is 5.42. The van der Waals surface area contributed by atoms with Gasteiger partial charge in [-0.15, -0.1) is 0 Å². The van der Waals surface area contributed by atoms with Gasteiger partial charge >= 0.3 is 0 Å². The Morgan fingerprint density at radius 1 is 1.28 bits per heavy atom. The number of benzene rings is 1. The second kappa shape index (κ2) is 7.27. The number of phenolic OH excluding ortho intramolecular Hbond substituents is 1. The van der Waals surface area contributed by atoms with Crippen LogP contribution in [0.1, 0.15) is 45.3 Å². The number of phenols is 1. The predicted molar refractivity (Wildman–Crippen MR) is 73.1 cm³/mol. The molecule has 0 aliphatic rings. The lowest BCUT2D eigenvalue weighted by molar-refractivity contribution is 0.0431. The summed E-state index contributed by atoms with van der Waals surface area (Å²) in [5, 5.41) is 9.57. The molecule has 1 unspecified atom stereocenters. The van der Waals surface area contributed by atoms with Crippen molar-refractivity contribution in [3.8, 4) is 11.5 Å². The number of ether oxygens (including phenoxy) is 2. The standard InChI is InChI=1S/C15H24O3/c1-5-14(18-9-8-11(2)3)12-6-7-13(16)15(10-12)17-4/h6-7,10-11,14,16H,5,8-9H2,1-4H3. The van der Waals surface area contributed by atoms with Gasteiger partial charge in [-0.3, -0.25) is 0 Å². The average Bonchev–Trinajstić information content (AvgIpc) is 2.35. The maximum atomic E-state index is 9.57. The van der Waals surface area contributed by atoms with Crippen LogP contribution in [0.25, 0.3) is 0 Å². The number of hydrogen-bond acceptors (Lipinski definition) is 3. The normalized spacial score (nSPS) is 12.7. The van der Waals surface area contributed by atoms with Gasteiger partial charge in [0.1, 0.15) is 0 Å². The minimum Gasteiger partial charge on any atom is -0.504 e. The lowest BCUT2D eigenvalue weighted by atomic mass is 10.1. The van der Waals surface area contributed by atoms with E-state index in [2.05, 4.69) is 20.8 Å². The van der Waals surface area contributed by atoms with Crippen LogP contribution in [0, 0.1) is 5.92 Å². The van der Waals surface area contributed by atoms with Crippen molar-refractivity contribution in [3.63, 3.8) is 0 Å². The van der Waals surface area contributed by atoms with E-state index in [1.807, 2.05) is 12.1 Å². The van der Waals surface area contributed by atoms with Gasteiger partial charge in [0.2, 0.25) is 0 Å². The van der Waals surface area contributed by atoms with Gasteiger partial charge in [0, 0.05) is 6.61 Å². The molecule has 1 aromatic carbocycles. The largest absolute Gasteiger partial charge is 0.504 e. The smallest absolute Gasteiger partial charge is 0.160 e. The van der Waals surface area contributed by atoms with E-state index in [0.717, 1.165) is 25.0 Å². The fourth-order valence-corrected chi connectivity index (χ4v) is 1.79. The molecule has 0 fully saturated rings. The summed E-state index contributed by atoms with van der Waals surface area (Å²) in [4.78, 5) is 0. The summed E-state index contributed by atoms with van der Waals surface area (Å²) in [7, 11) is 1.55. The summed E-state index contributed by atoms with van der Waals surface area (Å²) in [6.07, 6.45) is 2.04. The molecule has 0 radical (unpaired) electrons. The highest BCUT2D eigenvalue weighted by Gasteiger charge is 2.12. The Labute approximate surface area is 110 Å². The SMILES string of the molecule is CCC(OCCC(C)C)c1ccc(O)c(OC)c1. The Morgan fingerprint density at radius 3 is 2.56 bits per heavy atom. The van der Waals surface area contributed by atoms with Gasteiger partial charge in [-0.25, -0.2) is 0 Å². The van der Waals surface area contributed by atoms with E-state index in [1.165, 1.54) is 0 Å². The van der Waals surface area contributed by atoms with E-state index >= 15 is 0 Å². The van der Waals surface area contributed by atoms with E-state index in [0.29, 0.717) is 11.7 Å². The maximum absolute atomic E-state index is 9.57. The topological polar surface area (TPSA) is 38.7 Å². The zero-order valence-electron chi connectivity index (χ0n) is 11.8. The number of methoxy groups -OCH3 is 1. The highest BCUT2D eigenvalue weighted by Crippen LogP contribution is 2.31. The third-order valence-electron chi connectivity index (χ3n) is 2.96. The first-order valence-electron chi connectivity index (χ1n) is 6.57. The molecule has 102 valence electrons. The van der Waals surface area contributed by atoms with Crippen LogP contribution in [-0.2, 0) is 4.74 Å². The molecule has 0 saturated heterocycles. The first-order valence-corrected chi connectivity index (χ1v) is 6.57. The molecule has 0 aliphatic carbocycles. The second-order valence-corrected chi connectivity index (χ2v) is 4.88. The van der Waals surface area contributed by atoms with Crippen molar-refractivity contribution in [2.75, 3.05) is 13.7 Å². The molecular formula is C15H24O3. The number of aromatic hydroxyl groups is 1. The molecule has 0 amide bonds. The lowest BCUT2D eigenvalue weighted by Crippen LogP contribution is -2.06. The summed E-state index contributed by atoms with van der Waals surface area (Å²) in [6.45, 7) is 7.24. The zero-order valence-corrected chi connectivity index (χ0v) is 11.8. The molecule has 1 rings (SSSR count). The molecule has 0 aliphatic heterocycles. The van der Waals surface area contributed by atoms with Crippen LogP contribution in [0.5, 0.6) is 11.5 Å². The monoisotopic (exact) mass is 252 g/mol. The molecule has 18 heavy (non-hydrogen) atoms. The molecule has 0 saturated carbocycles. The van der Waals surface area contributed by atoms with Gasteiger partial charge in [0.15, 0.2) is 11.5 Å². The second-order valence-electron chi connectivity index (χ2n) is 4.88. The molecule has 0 heterocycles. The minimum atomic E-state index is 0.0678. The van der Waals surface area contributed by atoms with Crippen molar-refractivity contribution in [2.45, 2.75) is 39.7 Å². The summed E-state index contributed by atoms with van der Waals surface area (Å²) in [5.74, 6) is 1.31. The van der Waals surface area contributed by atoms with Gasteiger partial charge in [-0.2, -0.15) is 0 Å². The Kier molecular flexibility index (Phi) is 5.99.